The van der Waals surface area contributed by atoms with Crippen LogP contribution in [0, 0.1) is 0 Å². The monoisotopic (exact) mass is 281 g/mol. The lowest BCUT2D eigenvalue weighted by Gasteiger charge is -2.04. The van der Waals surface area contributed by atoms with Crippen molar-refractivity contribution in [2.45, 2.75) is 6.54 Å². The van der Waals surface area contributed by atoms with Gasteiger partial charge < -0.3 is 10.4 Å². The van der Waals surface area contributed by atoms with Gasteiger partial charge in [-0.25, -0.2) is 0 Å². The number of phenolic OH excluding ortho intramolecular Hbond substituents is 1. The summed E-state index contributed by atoms with van der Waals surface area (Å²) < 4.78 is 0. The maximum absolute atomic E-state index is 9.43. The molecule has 2 aromatic carbocycles. The molecular weight excluding hydrogens is 266 g/mol. The fraction of sp³-hybridized carbons (Fsp3) is 0.0588. The Morgan fingerprint density at radius 3 is 2.55 bits per heavy atom. The van der Waals surface area contributed by atoms with Crippen LogP contribution in [0.1, 0.15) is 4.88 Å². The first-order valence-electron chi connectivity index (χ1n) is 6.47. The first-order chi connectivity index (χ1) is 9.81. The van der Waals surface area contributed by atoms with E-state index in [0.29, 0.717) is 0 Å². The molecule has 2 N–H and O–H groups in total. The second kappa shape index (κ2) is 5.80. The van der Waals surface area contributed by atoms with Crippen LogP contribution in [-0.2, 0) is 6.54 Å². The number of benzene rings is 2. The minimum Gasteiger partial charge on any atom is -0.508 e. The van der Waals surface area contributed by atoms with Crippen LogP contribution in [0.15, 0.2) is 66.0 Å². The third-order valence-electron chi connectivity index (χ3n) is 3.07. The van der Waals surface area contributed by atoms with Crippen molar-refractivity contribution in [3.05, 3.63) is 70.9 Å². The van der Waals surface area contributed by atoms with Gasteiger partial charge in [-0.15, -0.1) is 11.3 Å². The van der Waals surface area contributed by atoms with Crippen LogP contribution in [0.2, 0.25) is 0 Å². The smallest absolute Gasteiger partial charge is 0.117 e. The molecule has 0 radical (unpaired) electrons. The SMILES string of the molecule is Oc1cccc(NCc2cc(-c3ccccc3)cs2)c1. The van der Waals surface area contributed by atoms with Crippen molar-refractivity contribution in [2.24, 2.45) is 0 Å². The van der Waals surface area contributed by atoms with E-state index >= 15 is 0 Å². The quantitative estimate of drug-likeness (QED) is 0.724. The van der Waals surface area contributed by atoms with Gasteiger partial charge in [0.1, 0.15) is 5.75 Å². The molecule has 100 valence electrons. The van der Waals surface area contributed by atoms with E-state index in [1.807, 2.05) is 18.2 Å². The average Bonchev–Trinajstić information content (AvgIpc) is 2.95. The minimum atomic E-state index is 0.283. The Bertz CT molecular complexity index is 691. The molecule has 0 aliphatic rings. The number of hydrogen-bond acceptors (Lipinski definition) is 3. The Balaban J connectivity index is 1.69. The molecule has 0 spiro atoms. The molecule has 3 heteroatoms. The number of anilines is 1. The number of nitrogens with one attached hydrogen (secondary N) is 1. The number of hydrogen-bond donors (Lipinski definition) is 2. The second-order valence-corrected chi connectivity index (χ2v) is 5.57. The highest BCUT2D eigenvalue weighted by molar-refractivity contribution is 7.10. The molecule has 0 aliphatic carbocycles. The predicted molar refractivity (Wildman–Crippen MR) is 85.2 cm³/mol. The molecule has 1 heterocycles. The first-order valence-corrected chi connectivity index (χ1v) is 7.35. The van der Waals surface area contributed by atoms with Gasteiger partial charge in [0.25, 0.3) is 0 Å². The molecule has 3 rings (SSSR count). The lowest BCUT2D eigenvalue weighted by atomic mass is 10.1. The molecule has 0 unspecified atom stereocenters. The summed E-state index contributed by atoms with van der Waals surface area (Å²) in [6.45, 7) is 0.765. The summed E-state index contributed by atoms with van der Waals surface area (Å²) >= 11 is 1.74. The van der Waals surface area contributed by atoms with E-state index in [2.05, 4.69) is 41.0 Å². The van der Waals surface area contributed by atoms with E-state index in [4.69, 9.17) is 0 Å². The van der Waals surface area contributed by atoms with Crippen LogP contribution in [0.5, 0.6) is 5.75 Å². The summed E-state index contributed by atoms with van der Waals surface area (Å²) in [5, 5.41) is 14.9. The molecule has 3 aromatic rings. The van der Waals surface area contributed by atoms with Crippen molar-refractivity contribution in [3.8, 4) is 16.9 Å². The lowest BCUT2D eigenvalue weighted by Crippen LogP contribution is -1.96. The van der Waals surface area contributed by atoms with Crippen molar-refractivity contribution in [2.75, 3.05) is 5.32 Å². The van der Waals surface area contributed by atoms with E-state index in [9.17, 15) is 5.11 Å². The first kappa shape index (κ1) is 12.8. The summed E-state index contributed by atoms with van der Waals surface area (Å²) in [5.74, 6) is 0.283. The minimum absolute atomic E-state index is 0.283. The zero-order valence-electron chi connectivity index (χ0n) is 10.9. The zero-order chi connectivity index (χ0) is 13.8. The standard InChI is InChI=1S/C17H15NOS/c19-16-8-4-7-15(10-16)18-11-17-9-14(12-20-17)13-5-2-1-3-6-13/h1-10,12,18-19H,11H2. The maximum atomic E-state index is 9.43. The summed E-state index contributed by atoms with van der Waals surface area (Å²) in [6, 6.07) is 19.8. The largest absolute Gasteiger partial charge is 0.508 e. The normalized spacial score (nSPS) is 10.4. The topological polar surface area (TPSA) is 32.3 Å². The molecule has 0 amide bonds. The molecule has 20 heavy (non-hydrogen) atoms. The lowest BCUT2D eigenvalue weighted by molar-refractivity contribution is 0.475. The van der Waals surface area contributed by atoms with E-state index in [-0.39, 0.29) is 5.75 Å². The van der Waals surface area contributed by atoms with Crippen LogP contribution in [0.3, 0.4) is 0 Å². The third kappa shape index (κ3) is 3.00. The molecule has 0 saturated heterocycles. The number of aromatic hydroxyl groups is 1. The summed E-state index contributed by atoms with van der Waals surface area (Å²) in [4.78, 5) is 1.27. The van der Waals surface area contributed by atoms with Crippen molar-refractivity contribution in [1.29, 1.82) is 0 Å². The Morgan fingerprint density at radius 2 is 1.75 bits per heavy atom. The highest BCUT2D eigenvalue weighted by Crippen LogP contribution is 2.26. The van der Waals surface area contributed by atoms with Crippen LogP contribution >= 0.6 is 11.3 Å². The van der Waals surface area contributed by atoms with Gasteiger partial charge in [-0.1, -0.05) is 36.4 Å². The van der Waals surface area contributed by atoms with Crippen molar-refractivity contribution in [3.63, 3.8) is 0 Å². The average molecular weight is 281 g/mol. The van der Waals surface area contributed by atoms with Gasteiger partial charge in [0, 0.05) is 23.2 Å². The van der Waals surface area contributed by atoms with Crippen LogP contribution in [-0.4, -0.2) is 5.11 Å². The highest BCUT2D eigenvalue weighted by atomic mass is 32.1. The fourth-order valence-electron chi connectivity index (χ4n) is 2.06. The maximum Gasteiger partial charge on any atom is 0.117 e. The number of rotatable bonds is 4. The van der Waals surface area contributed by atoms with Crippen molar-refractivity contribution in [1.82, 2.24) is 0 Å². The van der Waals surface area contributed by atoms with Gasteiger partial charge in [-0.2, -0.15) is 0 Å². The van der Waals surface area contributed by atoms with Gasteiger partial charge in [-0.05, 0) is 34.7 Å². The molecule has 2 nitrogen and oxygen atoms in total. The molecule has 1 aromatic heterocycles. The Kier molecular flexibility index (Phi) is 3.70. The summed E-state index contributed by atoms with van der Waals surface area (Å²) in [6.07, 6.45) is 0. The van der Waals surface area contributed by atoms with E-state index in [1.165, 1.54) is 16.0 Å². The van der Waals surface area contributed by atoms with Gasteiger partial charge in [0.2, 0.25) is 0 Å². The van der Waals surface area contributed by atoms with E-state index in [1.54, 1.807) is 23.5 Å². The summed E-state index contributed by atoms with van der Waals surface area (Å²) in [5.41, 5.74) is 3.43. The molecular formula is C17H15NOS. The fourth-order valence-corrected chi connectivity index (χ4v) is 2.89. The van der Waals surface area contributed by atoms with E-state index in [0.717, 1.165) is 12.2 Å². The zero-order valence-corrected chi connectivity index (χ0v) is 11.7. The van der Waals surface area contributed by atoms with Gasteiger partial charge in [0.15, 0.2) is 0 Å². The predicted octanol–water partition coefficient (Wildman–Crippen LogP) is 4.73. The molecule has 0 atom stereocenters. The Morgan fingerprint density at radius 1 is 0.900 bits per heavy atom. The second-order valence-electron chi connectivity index (χ2n) is 4.57. The van der Waals surface area contributed by atoms with Crippen LogP contribution < -0.4 is 5.32 Å². The van der Waals surface area contributed by atoms with Crippen molar-refractivity contribution >= 4 is 17.0 Å². The Hall–Kier alpha value is -2.26. The van der Waals surface area contributed by atoms with Crippen LogP contribution in [0.4, 0.5) is 5.69 Å². The van der Waals surface area contributed by atoms with Gasteiger partial charge >= 0.3 is 0 Å². The molecule has 0 aliphatic heterocycles. The highest BCUT2D eigenvalue weighted by Gasteiger charge is 2.02. The van der Waals surface area contributed by atoms with Crippen LogP contribution in [0.25, 0.3) is 11.1 Å². The number of thiophene rings is 1. The molecule has 0 fully saturated rings. The van der Waals surface area contributed by atoms with Gasteiger partial charge in [-0.3, -0.25) is 0 Å². The van der Waals surface area contributed by atoms with E-state index < -0.39 is 0 Å². The molecule has 0 saturated carbocycles. The third-order valence-corrected chi connectivity index (χ3v) is 4.01. The molecule has 0 bridgehead atoms. The summed E-state index contributed by atoms with van der Waals surface area (Å²) in [7, 11) is 0. The van der Waals surface area contributed by atoms with Crippen molar-refractivity contribution < 1.29 is 5.11 Å². The Labute approximate surface area is 122 Å². The number of phenols is 1. The van der Waals surface area contributed by atoms with Gasteiger partial charge in [0.05, 0.1) is 0 Å².